The maximum atomic E-state index is 5.36. The molecule has 0 bridgehead atoms. The summed E-state index contributed by atoms with van der Waals surface area (Å²) in [6.45, 7) is 6.80. The molecular formula is C14H30O7S. The van der Waals surface area contributed by atoms with E-state index in [2.05, 4.69) is 12.6 Å². The highest BCUT2D eigenvalue weighted by molar-refractivity contribution is 7.80. The fraction of sp³-hybridized carbons (Fsp3) is 1.00. The van der Waals surface area contributed by atoms with Crippen LogP contribution in [-0.2, 0) is 33.2 Å². The van der Waals surface area contributed by atoms with Gasteiger partial charge < -0.3 is 33.2 Å². The van der Waals surface area contributed by atoms with Crippen LogP contribution in [0.15, 0.2) is 0 Å². The summed E-state index contributed by atoms with van der Waals surface area (Å²) >= 11 is 3.92. The molecule has 0 aliphatic rings. The van der Waals surface area contributed by atoms with Crippen LogP contribution in [0.5, 0.6) is 0 Å². The molecule has 0 aromatic heterocycles. The molecule has 0 aromatic rings. The second kappa shape index (κ2) is 21.1. The Morgan fingerprint density at radius 3 is 1.00 bits per heavy atom. The van der Waals surface area contributed by atoms with Crippen molar-refractivity contribution in [3.8, 4) is 0 Å². The minimum atomic E-state index is 0.418. The molecule has 0 unspecified atom stereocenters. The van der Waals surface area contributed by atoms with E-state index in [-0.39, 0.29) is 0 Å². The quantitative estimate of drug-likeness (QED) is 0.210. The normalized spacial score (nSPS) is 11.2. The Morgan fingerprint density at radius 2 is 0.727 bits per heavy atom. The third-order valence-corrected chi connectivity index (χ3v) is 2.57. The van der Waals surface area contributed by atoms with E-state index >= 15 is 0 Å². The first-order chi connectivity index (χ1) is 10.9. The van der Waals surface area contributed by atoms with Gasteiger partial charge in [0.2, 0.25) is 0 Å². The summed E-state index contributed by atoms with van der Waals surface area (Å²) in [6, 6.07) is 0. The third kappa shape index (κ3) is 20.1. The average Bonchev–Trinajstić information content (AvgIpc) is 2.54. The van der Waals surface area contributed by atoms with Crippen LogP contribution in [0.2, 0.25) is 0 Å². The van der Waals surface area contributed by atoms with E-state index in [1.807, 2.05) is 0 Å². The number of hydrogen-bond acceptors (Lipinski definition) is 8. The fourth-order valence-corrected chi connectivity index (χ4v) is 1.44. The average molecular weight is 342 g/mol. The van der Waals surface area contributed by atoms with Gasteiger partial charge in [0.15, 0.2) is 0 Å². The Kier molecular flexibility index (Phi) is 21.1. The zero-order valence-corrected chi connectivity index (χ0v) is 14.4. The number of methoxy groups -OCH3 is 1. The van der Waals surface area contributed by atoms with Crippen LogP contribution in [-0.4, -0.2) is 92.3 Å². The summed E-state index contributed by atoms with van der Waals surface area (Å²) < 4.78 is 36.4. The lowest BCUT2D eigenvalue weighted by molar-refractivity contribution is -0.0177. The van der Waals surface area contributed by atoms with Crippen molar-refractivity contribution in [2.75, 3.05) is 92.3 Å². The van der Waals surface area contributed by atoms with E-state index in [0.717, 1.165) is 0 Å². The lowest BCUT2D eigenvalue weighted by Gasteiger charge is -2.08. The number of rotatable bonds is 19. The molecule has 134 valence electrons. The monoisotopic (exact) mass is 342 g/mol. The molecule has 8 heteroatoms. The van der Waals surface area contributed by atoms with E-state index in [9.17, 15) is 0 Å². The number of thiol groups is 1. The maximum Gasteiger partial charge on any atom is 0.0893 e. The molecule has 0 radical (unpaired) electrons. The van der Waals surface area contributed by atoms with Gasteiger partial charge in [-0.3, -0.25) is 0 Å². The predicted octanol–water partition coefficient (Wildman–Crippen LogP) is 0.620. The highest BCUT2D eigenvalue weighted by atomic mass is 32.1. The third-order valence-electron chi connectivity index (χ3n) is 2.38. The topological polar surface area (TPSA) is 64.6 Å². The summed E-state index contributed by atoms with van der Waals surface area (Å²) in [6.07, 6.45) is 0. The molecule has 7 nitrogen and oxygen atoms in total. The van der Waals surface area contributed by atoms with E-state index in [1.165, 1.54) is 0 Å². The van der Waals surface area contributed by atoms with Gasteiger partial charge in [0.1, 0.15) is 0 Å². The van der Waals surface area contributed by atoms with Gasteiger partial charge in [0, 0.05) is 7.11 Å². The van der Waals surface area contributed by atoms with Crippen LogP contribution in [0.25, 0.3) is 0 Å². The lowest BCUT2D eigenvalue weighted by Crippen LogP contribution is -2.14. The summed E-state index contributed by atoms with van der Waals surface area (Å²) in [5.74, 6) is 0.418. The predicted molar refractivity (Wildman–Crippen MR) is 85.8 cm³/mol. The van der Waals surface area contributed by atoms with Crippen molar-refractivity contribution >= 4 is 12.6 Å². The largest absolute Gasteiger partial charge is 0.382 e. The van der Waals surface area contributed by atoms with E-state index in [0.29, 0.717) is 85.2 Å². The highest BCUT2D eigenvalue weighted by Gasteiger charge is 1.93. The molecular weight excluding hydrogens is 312 g/mol. The van der Waals surface area contributed by atoms with Crippen molar-refractivity contribution in [1.29, 1.82) is 0 Å². The Labute approximate surface area is 138 Å². The summed E-state index contributed by atoms with van der Waals surface area (Å²) in [4.78, 5) is 0. The molecule has 0 aromatic carbocycles. The first-order valence-electron chi connectivity index (χ1n) is 7.48. The summed E-state index contributed by atoms with van der Waals surface area (Å²) in [5.41, 5.74) is 0. The SMILES string of the molecule is COCCOCCOCCOCCOCCOCCOCS. The molecule has 0 N–H and O–H groups in total. The van der Waals surface area contributed by atoms with Crippen LogP contribution in [0, 0.1) is 0 Å². The molecule has 0 fully saturated rings. The molecule has 0 spiro atoms. The van der Waals surface area contributed by atoms with Crippen LogP contribution in [0.1, 0.15) is 0 Å². The minimum Gasteiger partial charge on any atom is -0.382 e. The van der Waals surface area contributed by atoms with E-state index in [4.69, 9.17) is 33.2 Å². The molecule has 22 heavy (non-hydrogen) atoms. The van der Waals surface area contributed by atoms with E-state index < -0.39 is 0 Å². The van der Waals surface area contributed by atoms with Crippen LogP contribution >= 0.6 is 12.6 Å². The van der Waals surface area contributed by atoms with Crippen LogP contribution < -0.4 is 0 Å². The van der Waals surface area contributed by atoms with Crippen LogP contribution in [0.4, 0.5) is 0 Å². The van der Waals surface area contributed by atoms with Crippen molar-refractivity contribution < 1.29 is 33.2 Å². The zero-order chi connectivity index (χ0) is 16.1. The van der Waals surface area contributed by atoms with Gasteiger partial charge in [-0.2, -0.15) is 12.6 Å². The summed E-state index contributed by atoms with van der Waals surface area (Å²) in [5, 5.41) is 0. The van der Waals surface area contributed by atoms with Gasteiger partial charge in [-0.15, -0.1) is 0 Å². The summed E-state index contributed by atoms with van der Waals surface area (Å²) in [7, 11) is 1.65. The van der Waals surface area contributed by atoms with Crippen molar-refractivity contribution in [2.24, 2.45) is 0 Å². The Balaban J connectivity index is 2.91. The number of ether oxygens (including phenoxy) is 7. The smallest absolute Gasteiger partial charge is 0.0893 e. The Morgan fingerprint density at radius 1 is 0.455 bits per heavy atom. The van der Waals surface area contributed by atoms with Gasteiger partial charge in [0.25, 0.3) is 0 Å². The molecule has 0 heterocycles. The minimum absolute atomic E-state index is 0.418. The molecule has 0 aliphatic heterocycles. The molecule has 0 saturated heterocycles. The van der Waals surface area contributed by atoms with Gasteiger partial charge in [-0.05, 0) is 0 Å². The molecule has 0 amide bonds. The first kappa shape index (κ1) is 22.1. The second-order valence-corrected chi connectivity index (χ2v) is 4.35. The lowest BCUT2D eigenvalue weighted by atomic mass is 10.7. The van der Waals surface area contributed by atoms with Gasteiger partial charge in [0.05, 0.1) is 85.2 Å². The van der Waals surface area contributed by atoms with Gasteiger partial charge in [-0.1, -0.05) is 0 Å². The maximum absolute atomic E-state index is 5.36. The first-order valence-corrected chi connectivity index (χ1v) is 8.11. The van der Waals surface area contributed by atoms with Crippen molar-refractivity contribution in [3.63, 3.8) is 0 Å². The molecule has 0 rings (SSSR count). The second-order valence-electron chi connectivity index (χ2n) is 4.09. The zero-order valence-electron chi connectivity index (χ0n) is 13.5. The van der Waals surface area contributed by atoms with Crippen molar-refractivity contribution in [2.45, 2.75) is 0 Å². The Bertz CT molecular complexity index is 178. The fourth-order valence-electron chi connectivity index (χ4n) is 1.31. The number of hydrogen-bond donors (Lipinski definition) is 1. The van der Waals surface area contributed by atoms with E-state index in [1.54, 1.807) is 7.11 Å². The van der Waals surface area contributed by atoms with Crippen molar-refractivity contribution in [1.82, 2.24) is 0 Å². The molecule has 0 saturated carbocycles. The van der Waals surface area contributed by atoms with Crippen molar-refractivity contribution in [3.05, 3.63) is 0 Å². The Hall–Kier alpha value is 0.0700. The molecule has 0 atom stereocenters. The standard InChI is InChI=1S/C14H30O7S/c1-15-2-3-16-4-5-17-6-7-18-8-9-19-10-11-20-12-13-21-14-22/h22H,2-14H2,1H3. The highest BCUT2D eigenvalue weighted by Crippen LogP contribution is 1.85. The van der Waals surface area contributed by atoms with Gasteiger partial charge >= 0.3 is 0 Å². The van der Waals surface area contributed by atoms with Gasteiger partial charge in [-0.25, -0.2) is 0 Å². The van der Waals surface area contributed by atoms with Crippen LogP contribution in [0.3, 0.4) is 0 Å². The molecule has 0 aliphatic carbocycles.